The molecule has 1 radical (unpaired) electrons. The number of carbonyl (C=O) groups excluding carboxylic acids is 1. The first-order valence-corrected chi connectivity index (χ1v) is 2.56. The van der Waals surface area contributed by atoms with Crippen LogP contribution in [0.2, 0.25) is 0 Å². The van der Waals surface area contributed by atoms with E-state index in [9.17, 15) is 4.79 Å². The van der Waals surface area contributed by atoms with Gasteiger partial charge in [0.1, 0.15) is 0 Å². The van der Waals surface area contributed by atoms with Gasteiger partial charge in [-0.3, -0.25) is 10.5 Å². The minimum Gasteiger partial charge on any atom is -0.320 e. The number of nitrogens with two attached hydrogens (primary N) is 1. The van der Waals surface area contributed by atoms with Crippen LogP contribution in [-0.4, -0.2) is 11.9 Å². The zero-order valence-electron chi connectivity index (χ0n) is 5.14. The smallest absolute Gasteiger partial charge is 0.255 e. The molecule has 0 heterocycles. The van der Waals surface area contributed by atoms with E-state index in [4.69, 9.17) is 11.5 Å². The molecule has 0 fully saturated rings. The lowest BCUT2D eigenvalue weighted by atomic mass is 10.1. The van der Waals surface area contributed by atoms with Crippen molar-refractivity contribution in [3.63, 3.8) is 0 Å². The summed E-state index contributed by atoms with van der Waals surface area (Å²) in [5, 5.41) is 0. The maximum Gasteiger partial charge on any atom is 0.255 e. The molecule has 0 aromatic rings. The summed E-state index contributed by atoms with van der Waals surface area (Å²) >= 11 is 0. The highest BCUT2D eigenvalue weighted by atomic mass is 16.1. The van der Waals surface area contributed by atoms with Gasteiger partial charge < -0.3 is 5.73 Å². The molecule has 0 rings (SSSR count). The third-order valence-electron chi connectivity index (χ3n) is 1.02. The zero-order valence-corrected chi connectivity index (χ0v) is 5.14. The van der Waals surface area contributed by atoms with Crippen LogP contribution in [0.4, 0.5) is 0 Å². The minimum atomic E-state index is -0.681. The topological polar surface area (TPSA) is 66.9 Å². The molecule has 0 aromatic carbocycles. The Labute approximate surface area is 49.0 Å². The minimum absolute atomic E-state index is 0.0833. The molecule has 0 aromatic heterocycles. The summed E-state index contributed by atoms with van der Waals surface area (Å²) < 4.78 is 0. The van der Waals surface area contributed by atoms with Gasteiger partial charge in [-0.25, -0.2) is 0 Å². The van der Waals surface area contributed by atoms with Crippen LogP contribution < -0.4 is 11.5 Å². The Bertz CT molecular complexity index is 90.4. The fourth-order valence-corrected chi connectivity index (χ4v) is 0.303. The van der Waals surface area contributed by atoms with Gasteiger partial charge in [0.05, 0.1) is 6.04 Å². The van der Waals surface area contributed by atoms with Crippen molar-refractivity contribution in [2.24, 2.45) is 11.7 Å². The fourth-order valence-electron chi connectivity index (χ4n) is 0.303. The summed E-state index contributed by atoms with van der Waals surface area (Å²) in [6, 6.07) is -0.602. The van der Waals surface area contributed by atoms with Crippen molar-refractivity contribution in [1.29, 1.82) is 0 Å². The summed E-state index contributed by atoms with van der Waals surface area (Å²) in [5.41, 5.74) is 11.8. The van der Waals surface area contributed by atoms with Crippen molar-refractivity contribution >= 4 is 5.91 Å². The van der Waals surface area contributed by atoms with Crippen LogP contribution in [0.5, 0.6) is 0 Å². The molecule has 1 unspecified atom stereocenters. The molecule has 0 bridgehead atoms. The largest absolute Gasteiger partial charge is 0.320 e. The SMILES string of the molecule is CC(C)C(N)C([NH])=O. The third kappa shape index (κ3) is 1.93. The van der Waals surface area contributed by atoms with Crippen LogP contribution in [0.25, 0.3) is 0 Å². The van der Waals surface area contributed by atoms with E-state index in [1.807, 2.05) is 13.8 Å². The average molecular weight is 115 g/mol. The molecule has 47 valence electrons. The van der Waals surface area contributed by atoms with Crippen molar-refractivity contribution in [3.8, 4) is 0 Å². The van der Waals surface area contributed by atoms with E-state index in [1.54, 1.807) is 0 Å². The molecular weight excluding hydrogens is 104 g/mol. The van der Waals surface area contributed by atoms with Gasteiger partial charge in [0.2, 0.25) is 0 Å². The molecule has 0 saturated heterocycles. The Morgan fingerprint density at radius 1 is 1.62 bits per heavy atom. The third-order valence-corrected chi connectivity index (χ3v) is 1.02. The molecule has 0 saturated carbocycles. The van der Waals surface area contributed by atoms with Gasteiger partial charge in [-0.1, -0.05) is 13.8 Å². The van der Waals surface area contributed by atoms with Crippen molar-refractivity contribution in [1.82, 2.24) is 5.73 Å². The summed E-state index contributed by atoms with van der Waals surface area (Å²) in [5.74, 6) is -0.597. The zero-order chi connectivity index (χ0) is 6.73. The van der Waals surface area contributed by atoms with E-state index in [0.29, 0.717) is 0 Å². The van der Waals surface area contributed by atoms with Crippen LogP contribution in [0, 0.1) is 5.92 Å². The standard InChI is InChI=1S/C5H11N2O/c1-3(2)4(6)5(7)8/h3-4,7H,6H2,1-2H3. The lowest BCUT2D eigenvalue weighted by molar-refractivity contribution is -0.120. The molecular formula is C5H11N2O. The lowest BCUT2D eigenvalue weighted by Gasteiger charge is -2.08. The lowest BCUT2D eigenvalue weighted by Crippen LogP contribution is -2.35. The predicted octanol–water partition coefficient (Wildman–Crippen LogP) is -0.221. The molecule has 0 aliphatic heterocycles. The van der Waals surface area contributed by atoms with E-state index >= 15 is 0 Å². The van der Waals surface area contributed by atoms with E-state index in [2.05, 4.69) is 0 Å². The summed E-state index contributed by atoms with van der Waals surface area (Å²) in [4.78, 5) is 10.1. The van der Waals surface area contributed by atoms with Gasteiger partial charge in [0.15, 0.2) is 0 Å². The van der Waals surface area contributed by atoms with Gasteiger partial charge in [-0.2, -0.15) is 0 Å². The second-order valence-corrected chi connectivity index (χ2v) is 2.13. The van der Waals surface area contributed by atoms with Gasteiger partial charge in [-0.15, -0.1) is 0 Å². The first kappa shape index (κ1) is 7.43. The summed E-state index contributed by atoms with van der Waals surface area (Å²) in [6.45, 7) is 3.63. The number of hydrogen-bond acceptors (Lipinski definition) is 2. The number of carbonyl (C=O) groups is 1. The Morgan fingerprint density at radius 3 is 2.00 bits per heavy atom. The quantitative estimate of drug-likeness (QED) is 0.540. The average Bonchev–Trinajstić information content (AvgIpc) is 1.64. The van der Waals surface area contributed by atoms with E-state index < -0.39 is 11.9 Å². The Kier molecular flexibility index (Phi) is 2.48. The Morgan fingerprint density at radius 2 is 2.00 bits per heavy atom. The van der Waals surface area contributed by atoms with Crippen LogP contribution in [-0.2, 0) is 4.79 Å². The van der Waals surface area contributed by atoms with Crippen LogP contribution in [0.1, 0.15) is 13.8 Å². The number of rotatable bonds is 2. The maximum atomic E-state index is 10.1. The normalized spacial score (nSPS) is 14.0. The molecule has 3 N–H and O–H groups in total. The molecule has 8 heavy (non-hydrogen) atoms. The molecule has 3 nitrogen and oxygen atoms in total. The van der Waals surface area contributed by atoms with Gasteiger partial charge in [0.25, 0.3) is 5.91 Å². The monoisotopic (exact) mass is 115 g/mol. The maximum absolute atomic E-state index is 10.1. The van der Waals surface area contributed by atoms with E-state index in [-0.39, 0.29) is 5.92 Å². The summed E-state index contributed by atoms with van der Waals surface area (Å²) in [6.07, 6.45) is 0. The van der Waals surface area contributed by atoms with Gasteiger partial charge in [-0.05, 0) is 5.92 Å². The first-order chi connectivity index (χ1) is 3.55. The predicted molar refractivity (Wildman–Crippen MR) is 30.9 cm³/mol. The van der Waals surface area contributed by atoms with Crippen LogP contribution >= 0.6 is 0 Å². The molecule has 0 aliphatic rings. The second kappa shape index (κ2) is 2.67. The number of nitrogens with one attached hydrogen (secondary N) is 1. The molecule has 0 aliphatic carbocycles. The number of hydrogen-bond donors (Lipinski definition) is 1. The van der Waals surface area contributed by atoms with Crippen LogP contribution in [0.3, 0.4) is 0 Å². The molecule has 0 spiro atoms. The van der Waals surface area contributed by atoms with Gasteiger partial charge in [0, 0.05) is 0 Å². The van der Waals surface area contributed by atoms with Gasteiger partial charge >= 0.3 is 0 Å². The molecule has 1 amide bonds. The first-order valence-electron chi connectivity index (χ1n) is 2.56. The Hall–Kier alpha value is -0.570. The van der Waals surface area contributed by atoms with E-state index in [1.165, 1.54) is 0 Å². The van der Waals surface area contributed by atoms with E-state index in [0.717, 1.165) is 0 Å². The van der Waals surface area contributed by atoms with Crippen LogP contribution in [0.15, 0.2) is 0 Å². The van der Waals surface area contributed by atoms with Crippen molar-refractivity contribution < 1.29 is 4.79 Å². The van der Waals surface area contributed by atoms with Crippen molar-refractivity contribution in [2.45, 2.75) is 19.9 Å². The molecule has 1 atom stereocenters. The fraction of sp³-hybridized carbons (Fsp3) is 0.800. The highest BCUT2D eigenvalue weighted by Crippen LogP contribution is 1.95. The highest BCUT2D eigenvalue weighted by Gasteiger charge is 2.12. The highest BCUT2D eigenvalue weighted by molar-refractivity contribution is 5.78. The number of amides is 1. The van der Waals surface area contributed by atoms with Crippen molar-refractivity contribution in [2.75, 3.05) is 0 Å². The second-order valence-electron chi connectivity index (χ2n) is 2.13. The van der Waals surface area contributed by atoms with Crippen molar-refractivity contribution in [3.05, 3.63) is 0 Å². The summed E-state index contributed by atoms with van der Waals surface area (Å²) in [7, 11) is 0. The molecule has 3 heteroatoms. The Balaban J connectivity index is 3.64.